The molecule has 10 nitrogen and oxygen atoms in total. The number of amides is 2. The molecule has 0 aromatic heterocycles. The molecule has 2 heterocycles. The molecule has 2 saturated heterocycles. The van der Waals surface area contributed by atoms with Gasteiger partial charge in [-0.25, -0.2) is 0 Å². The van der Waals surface area contributed by atoms with E-state index in [0.29, 0.717) is 13.1 Å². The van der Waals surface area contributed by atoms with E-state index < -0.39 is 23.8 Å². The lowest BCUT2D eigenvalue weighted by Crippen LogP contribution is -2.32. The van der Waals surface area contributed by atoms with Crippen molar-refractivity contribution in [2.24, 2.45) is 0 Å². The zero-order valence-electron chi connectivity index (χ0n) is 19.5. The van der Waals surface area contributed by atoms with Crippen molar-refractivity contribution in [3.63, 3.8) is 0 Å². The van der Waals surface area contributed by atoms with Gasteiger partial charge in [-0.05, 0) is 28.2 Å². The van der Waals surface area contributed by atoms with E-state index in [-0.39, 0.29) is 57.6 Å². The van der Waals surface area contributed by atoms with Gasteiger partial charge < -0.3 is 19.3 Å². The van der Waals surface area contributed by atoms with Crippen molar-refractivity contribution in [2.75, 3.05) is 67.6 Å². The largest absolute Gasteiger partial charge is 0.464 e. The van der Waals surface area contributed by atoms with E-state index in [1.807, 2.05) is 38.0 Å². The summed E-state index contributed by atoms with van der Waals surface area (Å²) in [6.45, 7) is 1.85. The summed E-state index contributed by atoms with van der Waals surface area (Å²) in [7, 11) is 7.48. The average molecular weight is 549 g/mol. The molecule has 0 radical (unpaired) electrons. The molecule has 2 fully saturated rings. The predicted molar refractivity (Wildman–Crippen MR) is 139 cm³/mol. The number of thiocarbonyl (C=S) groups is 2. The quantitative estimate of drug-likeness (QED) is 0.197. The van der Waals surface area contributed by atoms with Crippen LogP contribution in [0.5, 0.6) is 0 Å². The molecule has 0 aromatic rings. The van der Waals surface area contributed by atoms with Gasteiger partial charge in [-0.15, -0.1) is 0 Å². The van der Waals surface area contributed by atoms with Crippen LogP contribution in [0, 0.1) is 0 Å². The van der Waals surface area contributed by atoms with E-state index in [1.165, 1.54) is 9.80 Å². The van der Waals surface area contributed by atoms with Gasteiger partial charge in [0.15, 0.2) is 0 Å². The second kappa shape index (κ2) is 13.5. The Labute approximate surface area is 218 Å². The molecule has 34 heavy (non-hydrogen) atoms. The van der Waals surface area contributed by atoms with E-state index in [2.05, 4.69) is 0 Å². The lowest BCUT2D eigenvalue weighted by Gasteiger charge is -2.15. The van der Waals surface area contributed by atoms with Crippen LogP contribution in [0.25, 0.3) is 0 Å². The van der Waals surface area contributed by atoms with Gasteiger partial charge in [0.1, 0.15) is 21.9 Å². The summed E-state index contributed by atoms with van der Waals surface area (Å²) < 4.78 is 10.8. The summed E-state index contributed by atoms with van der Waals surface area (Å²) in [5.74, 6) is -1.75. The Morgan fingerprint density at radius 1 is 0.765 bits per heavy atom. The summed E-state index contributed by atoms with van der Waals surface area (Å²) >= 11 is 12.6. The first-order valence-corrected chi connectivity index (χ1v) is 12.9. The third kappa shape index (κ3) is 8.27. The topological polar surface area (TPSA) is 99.7 Å². The third-order valence-electron chi connectivity index (χ3n) is 4.59. The van der Waals surface area contributed by atoms with E-state index in [4.69, 9.17) is 33.9 Å². The molecule has 0 unspecified atom stereocenters. The molecule has 0 N–H and O–H groups in total. The second-order valence-electron chi connectivity index (χ2n) is 7.86. The smallest absolute Gasteiger partial charge is 0.307 e. The number of esters is 2. The number of thioether (sulfide) groups is 2. The number of carbonyl (C=O) groups excluding carboxylic acids is 4. The standard InChI is InChI=1S/C20H28N4O6S4/c1-21(2)9-11-29-13(25)5-7-23-17(27)15(33-19(23)31)16-18(28)24(20(32)34-16)8-6-14(26)30-12-10-22(3)4/h5-12H2,1-4H3. The Hall–Kier alpha value is -1.58. The summed E-state index contributed by atoms with van der Waals surface area (Å²) in [6.07, 6.45) is -0.0198. The van der Waals surface area contributed by atoms with E-state index in [0.717, 1.165) is 23.5 Å². The first kappa shape index (κ1) is 28.7. The van der Waals surface area contributed by atoms with Crippen LogP contribution in [0.2, 0.25) is 0 Å². The van der Waals surface area contributed by atoms with Crippen molar-refractivity contribution in [1.82, 2.24) is 19.6 Å². The number of carbonyl (C=O) groups is 4. The van der Waals surface area contributed by atoms with Crippen LogP contribution in [0.15, 0.2) is 9.81 Å². The van der Waals surface area contributed by atoms with Crippen LogP contribution in [0.1, 0.15) is 12.8 Å². The van der Waals surface area contributed by atoms with Crippen molar-refractivity contribution < 1.29 is 28.7 Å². The first-order valence-electron chi connectivity index (χ1n) is 10.4. The van der Waals surface area contributed by atoms with Gasteiger partial charge in [0, 0.05) is 26.2 Å². The number of hydrogen-bond acceptors (Lipinski definition) is 12. The monoisotopic (exact) mass is 548 g/mol. The van der Waals surface area contributed by atoms with Gasteiger partial charge in [-0.3, -0.25) is 29.0 Å². The SMILES string of the molecule is CN(C)CCOC(=O)CCN1C(=O)C(=C2SC(=S)N(CCC(=O)OCCN(C)C)C2=O)SC1=S. The summed E-state index contributed by atoms with van der Waals surface area (Å²) in [6, 6.07) is 0. The van der Waals surface area contributed by atoms with Crippen LogP contribution < -0.4 is 0 Å². The number of nitrogens with zero attached hydrogens (tertiary/aromatic N) is 4. The highest BCUT2D eigenvalue weighted by Crippen LogP contribution is 2.42. The van der Waals surface area contributed by atoms with E-state index in [1.54, 1.807) is 0 Å². The number of rotatable bonds is 12. The number of hydrogen-bond donors (Lipinski definition) is 0. The van der Waals surface area contributed by atoms with Gasteiger partial charge in [-0.1, -0.05) is 48.0 Å². The molecule has 0 atom stereocenters. The predicted octanol–water partition coefficient (Wildman–Crippen LogP) is 0.908. The Balaban J connectivity index is 1.93. The van der Waals surface area contributed by atoms with Crippen molar-refractivity contribution >= 4 is 80.4 Å². The highest BCUT2D eigenvalue weighted by Gasteiger charge is 2.42. The second-order valence-corrected chi connectivity index (χ2v) is 11.1. The van der Waals surface area contributed by atoms with Crippen LogP contribution >= 0.6 is 48.0 Å². The molecule has 14 heteroatoms. The molecular weight excluding hydrogens is 521 g/mol. The molecule has 2 amide bonds. The minimum Gasteiger partial charge on any atom is -0.464 e. The normalized spacial score (nSPS) is 18.6. The van der Waals surface area contributed by atoms with Crippen molar-refractivity contribution in [3.05, 3.63) is 9.81 Å². The third-order valence-corrected chi connectivity index (χ3v) is 7.61. The molecule has 188 valence electrons. The maximum atomic E-state index is 12.9. The van der Waals surface area contributed by atoms with Crippen LogP contribution in [0.4, 0.5) is 0 Å². The van der Waals surface area contributed by atoms with Crippen molar-refractivity contribution in [1.29, 1.82) is 0 Å². The summed E-state index contributed by atoms with van der Waals surface area (Å²) in [5.41, 5.74) is 0. The molecule has 2 aliphatic rings. The van der Waals surface area contributed by atoms with Gasteiger partial charge in [0.25, 0.3) is 11.8 Å². The molecule has 2 rings (SSSR count). The van der Waals surface area contributed by atoms with Crippen LogP contribution in [0.3, 0.4) is 0 Å². The maximum Gasteiger partial charge on any atom is 0.307 e. The molecule has 0 spiro atoms. The molecule has 0 aliphatic carbocycles. The Kier molecular flexibility index (Phi) is 11.4. The fraction of sp³-hybridized carbons (Fsp3) is 0.600. The Morgan fingerprint density at radius 3 is 1.44 bits per heavy atom. The van der Waals surface area contributed by atoms with Gasteiger partial charge in [0.2, 0.25) is 0 Å². The Bertz CT molecular complexity index is 822. The highest BCUT2D eigenvalue weighted by molar-refractivity contribution is 8.29. The minimum absolute atomic E-state index is 0.00988. The first-order chi connectivity index (χ1) is 16.0. The van der Waals surface area contributed by atoms with Gasteiger partial charge >= 0.3 is 11.9 Å². The van der Waals surface area contributed by atoms with Crippen LogP contribution in [-0.2, 0) is 28.7 Å². The minimum atomic E-state index is -0.445. The van der Waals surface area contributed by atoms with E-state index in [9.17, 15) is 19.2 Å². The van der Waals surface area contributed by atoms with Gasteiger partial charge in [-0.2, -0.15) is 0 Å². The lowest BCUT2D eigenvalue weighted by molar-refractivity contribution is -0.145. The van der Waals surface area contributed by atoms with Gasteiger partial charge in [0.05, 0.1) is 22.7 Å². The molecule has 0 bridgehead atoms. The van der Waals surface area contributed by atoms with Crippen molar-refractivity contribution in [2.45, 2.75) is 12.8 Å². The molecule has 2 aliphatic heterocycles. The zero-order valence-corrected chi connectivity index (χ0v) is 22.8. The summed E-state index contributed by atoms with van der Waals surface area (Å²) in [5, 5.41) is 0. The maximum absolute atomic E-state index is 12.9. The van der Waals surface area contributed by atoms with Crippen LogP contribution in [-0.4, -0.2) is 120 Å². The highest BCUT2D eigenvalue weighted by atomic mass is 32.2. The Morgan fingerprint density at radius 2 is 1.12 bits per heavy atom. The molecule has 0 saturated carbocycles. The fourth-order valence-corrected chi connectivity index (χ4v) is 5.46. The number of likely N-dealkylation sites (N-methyl/N-ethyl adjacent to an activating group) is 2. The number of ether oxygens (including phenoxy) is 2. The summed E-state index contributed by atoms with van der Waals surface area (Å²) in [4.78, 5) is 56.4. The van der Waals surface area contributed by atoms with E-state index >= 15 is 0 Å². The molecule has 0 aromatic carbocycles. The molecular formula is C20H28N4O6S4. The lowest BCUT2D eigenvalue weighted by atomic mass is 10.3. The van der Waals surface area contributed by atoms with Crippen molar-refractivity contribution in [3.8, 4) is 0 Å². The average Bonchev–Trinajstić information content (AvgIpc) is 3.18. The fourth-order valence-electron chi connectivity index (χ4n) is 2.69. The zero-order chi connectivity index (χ0) is 25.4.